The lowest BCUT2D eigenvalue weighted by molar-refractivity contribution is 0.0951. The fourth-order valence-corrected chi connectivity index (χ4v) is 2.75. The Morgan fingerprint density at radius 2 is 1.96 bits per heavy atom. The van der Waals surface area contributed by atoms with E-state index in [2.05, 4.69) is 16.4 Å². The van der Waals surface area contributed by atoms with E-state index in [1.54, 1.807) is 30.7 Å². The van der Waals surface area contributed by atoms with E-state index in [4.69, 9.17) is 23.2 Å². The van der Waals surface area contributed by atoms with Crippen LogP contribution in [0, 0.1) is 0 Å². The second-order valence-corrected chi connectivity index (χ2v) is 6.21. The van der Waals surface area contributed by atoms with Gasteiger partial charge in [0, 0.05) is 30.5 Å². The largest absolute Gasteiger partial charge is 0.348 e. The van der Waals surface area contributed by atoms with Gasteiger partial charge in [0.15, 0.2) is 0 Å². The second kappa shape index (κ2) is 7.51. The quantitative estimate of drug-likeness (QED) is 0.742. The van der Waals surface area contributed by atoms with E-state index in [0.29, 0.717) is 22.2 Å². The maximum atomic E-state index is 12.3. The SMILES string of the molecule is O=C(NCc1cccc(Cn2ccnc2)c1)c1cc(Cl)ccc1Cl. The molecule has 0 saturated carbocycles. The molecule has 0 saturated heterocycles. The lowest BCUT2D eigenvalue weighted by Crippen LogP contribution is -2.23. The van der Waals surface area contributed by atoms with Crippen molar-refractivity contribution >= 4 is 29.1 Å². The summed E-state index contributed by atoms with van der Waals surface area (Å²) in [5, 5.41) is 3.73. The summed E-state index contributed by atoms with van der Waals surface area (Å²) in [6.07, 6.45) is 5.43. The summed E-state index contributed by atoms with van der Waals surface area (Å²) in [6, 6.07) is 12.9. The van der Waals surface area contributed by atoms with E-state index >= 15 is 0 Å². The monoisotopic (exact) mass is 359 g/mol. The third-order valence-corrected chi connectivity index (χ3v) is 4.11. The molecule has 122 valence electrons. The van der Waals surface area contributed by atoms with Crippen molar-refractivity contribution in [3.05, 3.63) is 87.9 Å². The van der Waals surface area contributed by atoms with E-state index < -0.39 is 0 Å². The summed E-state index contributed by atoms with van der Waals surface area (Å²) >= 11 is 12.0. The molecule has 0 unspecified atom stereocenters. The van der Waals surface area contributed by atoms with Crippen LogP contribution in [0.4, 0.5) is 0 Å². The van der Waals surface area contributed by atoms with Gasteiger partial charge in [-0.1, -0.05) is 47.5 Å². The molecule has 1 N–H and O–H groups in total. The van der Waals surface area contributed by atoms with Gasteiger partial charge in [-0.25, -0.2) is 4.98 Å². The van der Waals surface area contributed by atoms with Gasteiger partial charge in [-0.3, -0.25) is 4.79 Å². The Hall–Kier alpha value is -2.30. The van der Waals surface area contributed by atoms with Gasteiger partial charge in [-0.2, -0.15) is 0 Å². The summed E-state index contributed by atoms with van der Waals surface area (Å²) in [4.78, 5) is 16.3. The highest BCUT2D eigenvalue weighted by Crippen LogP contribution is 2.20. The predicted octanol–water partition coefficient (Wildman–Crippen LogP) is 4.17. The molecule has 0 bridgehead atoms. The van der Waals surface area contributed by atoms with Gasteiger partial charge in [-0.15, -0.1) is 0 Å². The smallest absolute Gasteiger partial charge is 0.253 e. The summed E-state index contributed by atoms with van der Waals surface area (Å²) < 4.78 is 1.99. The van der Waals surface area contributed by atoms with Gasteiger partial charge in [0.25, 0.3) is 5.91 Å². The van der Waals surface area contributed by atoms with Crippen LogP contribution in [0.1, 0.15) is 21.5 Å². The standard InChI is InChI=1S/C18H15Cl2N3O/c19-15-4-5-17(20)16(9-15)18(24)22-10-13-2-1-3-14(8-13)11-23-7-6-21-12-23/h1-9,12H,10-11H2,(H,22,24). The third-order valence-electron chi connectivity index (χ3n) is 3.54. The fourth-order valence-electron chi connectivity index (χ4n) is 2.38. The summed E-state index contributed by atoms with van der Waals surface area (Å²) in [7, 11) is 0. The molecule has 6 heteroatoms. The molecule has 0 fully saturated rings. The lowest BCUT2D eigenvalue weighted by atomic mass is 10.1. The highest BCUT2D eigenvalue weighted by molar-refractivity contribution is 6.35. The first-order chi connectivity index (χ1) is 11.6. The van der Waals surface area contributed by atoms with Gasteiger partial charge < -0.3 is 9.88 Å². The number of imidazole rings is 1. The van der Waals surface area contributed by atoms with Crippen molar-refractivity contribution < 1.29 is 4.79 Å². The van der Waals surface area contributed by atoms with Crippen molar-refractivity contribution in [2.75, 3.05) is 0 Å². The zero-order valence-corrected chi connectivity index (χ0v) is 14.3. The molecule has 0 radical (unpaired) electrons. The van der Waals surface area contributed by atoms with E-state index in [1.165, 1.54) is 0 Å². The Morgan fingerprint density at radius 3 is 2.75 bits per heavy atom. The number of benzene rings is 2. The first-order valence-corrected chi connectivity index (χ1v) is 8.14. The number of hydrogen-bond acceptors (Lipinski definition) is 2. The first-order valence-electron chi connectivity index (χ1n) is 7.38. The van der Waals surface area contributed by atoms with Crippen LogP contribution in [0.3, 0.4) is 0 Å². The van der Waals surface area contributed by atoms with Crippen molar-refractivity contribution in [1.82, 2.24) is 14.9 Å². The van der Waals surface area contributed by atoms with Crippen LogP contribution < -0.4 is 5.32 Å². The predicted molar refractivity (Wildman–Crippen MR) is 95.4 cm³/mol. The van der Waals surface area contributed by atoms with Crippen molar-refractivity contribution in [2.24, 2.45) is 0 Å². The molecular weight excluding hydrogens is 345 g/mol. The topological polar surface area (TPSA) is 46.9 Å². The third kappa shape index (κ3) is 4.16. The number of carbonyl (C=O) groups excluding carboxylic acids is 1. The van der Waals surface area contributed by atoms with Gasteiger partial charge in [-0.05, 0) is 29.3 Å². The normalized spacial score (nSPS) is 10.6. The molecule has 2 aromatic carbocycles. The maximum Gasteiger partial charge on any atom is 0.253 e. The number of nitrogens with zero attached hydrogens (tertiary/aromatic N) is 2. The molecule has 0 spiro atoms. The van der Waals surface area contributed by atoms with Crippen molar-refractivity contribution in [2.45, 2.75) is 13.1 Å². The number of rotatable bonds is 5. The molecule has 0 aliphatic rings. The Kier molecular flexibility index (Phi) is 5.18. The minimum atomic E-state index is -0.248. The van der Waals surface area contributed by atoms with Crippen molar-refractivity contribution in [3.63, 3.8) is 0 Å². The number of aromatic nitrogens is 2. The number of carbonyl (C=O) groups is 1. The first kappa shape index (κ1) is 16.6. The van der Waals surface area contributed by atoms with Crippen LogP contribution in [0.15, 0.2) is 61.2 Å². The van der Waals surface area contributed by atoms with Crippen LogP contribution in [0.25, 0.3) is 0 Å². The minimum Gasteiger partial charge on any atom is -0.348 e. The molecule has 24 heavy (non-hydrogen) atoms. The number of hydrogen-bond donors (Lipinski definition) is 1. The van der Waals surface area contributed by atoms with Crippen molar-refractivity contribution in [1.29, 1.82) is 0 Å². The molecule has 3 aromatic rings. The van der Waals surface area contributed by atoms with Crippen LogP contribution >= 0.6 is 23.2 Å². The molecular formula is C18H15Cl2N3O. The van der Waals surface area contributed by atoms with Gasteiger partial charge in [0.2, 0.25) is 0 Å². The van der Waals surface area contributed by atoms with Gasteiger partial charge in [0.1, 0.15) is 0 Å². The Balaban J connectivity index is 1.66. The highest BCUT2D eigenvalue weighted by Gasteiger charge is 2.10. The molecule has 1 amide bonds. The van der Waals surface area contributed by atoms with Gasteiger partial charge in [0.05, 0.1) is 16.9 Å². The fraction of sp³-hybridized carbons (Fsp3) is 0.111. The molecule has 0 aliphatic carbocycles. The lowest BCUT2D eigenvalue weighted by Gasteiger charge is -2.09. The molecule has 3 rings (SSSR count). The molecule has 4 nitrogen and oxygen atoms in total. The average Bonchev–Trinajstić information content (AvgIpc) is 3.08. The minimum absolute atomic E-state index is 0.248. The number of halogens is 2. The van der Waals surface area contributed by atoms with E-state index in [-0.39, 0.29) is 5.91 Å². The molecule has 0 aliphatic heterocycles. The average molecular weight is 360 g/mol. The highest BCUT2D eigenvalue weighted by atomic mass is 35.5. The van der Waals surface area contributed by atoms with Crippen LogP contribution in [0.2, 0.25) is 10.0 Å². The Bertz CT molecular complexity index is 847. The zero-order valence-electron chi connectivity index (χ0n) is 12.7. The maximum absolute atomic E-state index is 12.3. The van der Waals surface area contributed by atoms with Crippen LogP contribution in [0.5, 0.6) is 0 Å². The van der Waals surface area contributed by atoms with Crippen LogP contribution in [-0.4, -0.2) is 15.5 Å². The number of amides is 1. The molecule has 1 heterocycles. The summed E-state index contributed by atoms with van der Waals surface area (Å²) in [5.41, 5.74) is 2.53. The van der Waals surface area contributed by atoms with Crippen molar-refractivity contribution in [3.8, 4) is 0 Å². The van der Waals surface area contributed by atoms with E-state index in [9.17, 15) is 4.79 Å². The Labute approximate surface area is 150 Å². The number of nitrogens with one attached hydrogen (secondary N) is 1. The molecule has 0 atom stereocenters. The zero-order chi connectivity index (χ0) is 16.9. The van der Waals surface area contributed by atoms with E-state index in [0.717, 1.165) is 17.7 Å². The van der Waals surface area contributed by atoms with Crippen LogP contribution in [-0.2, 0) is 13.1 Å². The van der Waals surface area contributed by atoms with E-state index in [1.807, 2.05) is 29.0 Å². The summed E-state index contributed by atoms with van der Waals surface area (Å²) in [5.74, 6) is -0.248. The van der Waals surface area contributed by atoms with Gasteiger partial charge >= 0.3 is 0 Å². The second-order valence-electron chi connectivity index (χ2n) is 5.36. The molecule has 1 aromatic heterocycles. The Morgan fingerprint density at radius 1 is 1.12 bits per heavy atom. The summed E-state index contributed by atoms with van der Waals surface area (Å²) in [6.45, 7) is 1.15.